The highest BCUT2D eigenvalue weighted by molar-refractivity contribution is 7.99. The quantitative estimate of drug-likeness (QED) is 0.415. The minimum Gasteiger partial charge on any atom is -0.508 e. The number of nitrogens with one attached hydrogen (secondary N) is 2. The van der Waals surface area contributed by atoms with Gasteiger partial charge in [-0.3, -0.25) is 4.79 Å². The van der Waals surface area contributed by atoms with Gasteiger partial charge in [0.25, 0.3) is 0 Å². The maximum atomic E-state index is 12.2. The number of benzene rings is 2. The van der Waals surface area contributed by atoms with E-state index in [9.17, 15) is 9.90 Å². The molecule has 0 aliphatic carbocycles. The van der Waals surface area contributed by atoms with E-state index in [0.717, 1.165) is 11.9 Å². The molecule has 0 spiro atoms. The fourth-order valence-electron chi connectivity index (χ4n) is 2.88. The number of aromatic hydroxyl groups is 1. The van der Waals surface area contributed by atoms with Crippen LogP contribution in [-0.4, -0.2) is 48.5 Å². The third-order valence-electron chi connectivity index (χ3n) is 4.26. The largest absolute Gasteiger partial charge is 0.508 e. The molecule has 0 aliphatic heterocycles. The van der Waals surface area contributed by atoms with Crippen LogP contribution in [0, 0.1) is 0 Å². The first kappa shape index (κ1) is 18.1. The van der Waals surface area contributed by atoms with Gasteiger partial charge >= 0.3 is 0 Å². The van der Waals surface area contributed by atoms with Gasteiger partial charge in [-0.15, -0.1) is 5.10 Å². The highest BCUT2D eigenvalue weighted by Gasteiger charge is 2.12. The topological polar surface area (TPSA) is 109 Å². The number of phenolic OH excluding ortho intramolecular Hbond substituents is 1. The van der Waals surface area contributed by atoms with Gasteiger partial charge in [0.05, 0.1) is 11.4 Å². The lowest BCUT2D eigenvalue weighted by Crippen LogP contribution is -2.27. The van der Waals surface area contributed by atoms with Crippen molar-refractivity contribution in [2.24, 2.45) is 0 Å². The first-order valence-corrected chi connectivity index (χ1v) is 9.71. The average molecular weight is 394 g/mol. The SMILES string of the molecule is O=C(CSc1nnnn1-c1ccc(O)cc1)NCCc1c[nH]c2ccccc12. The molecule has 1 amide bonds. The smallest absolute Gasteiger partial charge is 0.230 e. The van der Waals surface area contributed by atoms with Crippen LogP contribution in [0.4, 0.5) is 0 Å². The van der Waals surface area contributed by atoms with Gasteiger partial charge in [-0.2, -0.15) is 4.68 Å². The Bertz CT molecular complexity index is 1090. The predicted octanol–water partition coefficient (Wildman–Crippen LogP) is 2.30. The maximum Gasteiger partial charge on any atom is 0.230 e. The lowest BCUT2D eigenvalue weighted by atomic mass is 10.1. The van der Waals surface area contributed by atoms with Gasteiger partial charge in [0, 0.05) is 23.6 Å². The zero-order chi connectivity index (χ0) is 19.3. The molecule has 142 valence electrons. The van der Waals surface area contributed by atoms with E-state index in [4.69, 9.17) is 0 Å². The summed E-state index contributed by atoms with van der Waals surface area (Å²) < 4.78 is 1.53. The van der Waals surface area contributed by atoms with Gasteiger partial charge in [0.1, 0.15) is 5.75 Å². The van der Waals surface area contributed by atoms with Crippen LogP contribution in [-0.2, 0) is 11.2 Å². The molecular formula is C19H18N6O2S. The predicted molar refractivity (Wildman–Crippen MR) is 107 cm³/mol. The summed E-state index contributed by atoms with van der Waals surface area (Å²) in [6.45, 7) is 0.560. The molecule has 2 aromatic carbocycles. The minimum atomic E-state index is -0.0786. The Morgan fingerprint density at radius 1 is 1.18 bits per heavy atom. The lowest BCUT2D eigenvalue weighted by Gasteiger charge is -2.06. The van der Waals surface area contributed by atoms with E-state index < -0.39 is 0 Å². The number of phenols is 1. The lowest BCUT2D eigenvalue weighted by molar-refractivity contribution is -0.118. The summed E-state index contributed by atoms with van der Waals surface area (Å²) >= 11 is 1.26. The van der Waals surface area contributed by atoms with Crippen LogP contribution in [0.5, 0.6) is 5.75 Å². The standard InChI is InChI=1S/C19H18N6O2S/c26-15-7-5-14(6-8-15)25-19(22-23-24-25)28-12-18(27)20-10-9-13-11-21-17-4-2-1-3-16(13)17/h1-8,11,21,26H,9-10,12H2,(H,20,27). The fourth-order valence-corrected chi connectivity index (χ4v) is 3.60. The molecule has 2 heterocycles. The summed E-state index contributed by atoms with van der Waals surface area (Å²) in [5, 5.41) is 25.6. The van der Waals surface area contributed by atoms with Crippen molar-refractivity contribution in [3.8, 4) is 11.4 Å². The van der Waals surface area contributed by atoms with Gasteiger partial charge < -0.3 is 15.4 Å². The molecule has 28 heavy (non-hydrogen) atoms. The first-order chi connectivity index (χ1) is 13.7. The Balaban J connectivity index is 1.29. The van der Waals surface area contributed by atoms with E-state index in [2.05, 4.69) is 31.9 Å². The van der Waals surface area contributed by atoms with Crippen LogP contribution >= 0.6 is 11.8 Å². The van der Waals surface area contributed by atoms with Crippen LogP contribution in [0.1, 0.15) is 5.56 Å². The van der Waals surface area contributed by atoms with Gasteiger partial charge in [0.15, 0.2) is 0 Å². The number of aromatic nitrogens is 5. The maximum absolute atomic E-state index is 12.2. The van der Waals surface area contributed by atoms with E-state index in [0.29, 0.717) is 17.4 Å². The summed E-state index contributed by atoms with van der Waals surface area (Å²) in [4.78, 5) is 15.4. The number of para-hydroxylation sites is 1. The molecule has 0 atom stereocenters. The number of rotatable bonds is 7. The zero-order valence-corrected chi connectivity index (χ0v) is 15.7. The van der Waals surface area contributed by atoms with Crippen LogP contribution in [0.2, 0.25) is 0 Å². The third-order valence-corrected chi connectivity index (χ3v) is 5.18. The summed E-state index contributed by atoms with van der Waals surface area (Å²) in [7, 11) is 0. The summed E-state index contributed by atoms with van der Waals surface area (Å²) in [6, 6.07) is 14.6. The molecule has 8 nitrogen and oxygen atoms in total. The van der Waals surface area contributed by atoms with Crippen molar-refractivity contribution >= 4 is 28.6 Å². The molecular weight excluding hydrogens is 376 g/mol. The Kier molecular flexibility index (Phi) is 5.24. The number of fused-ring (bicyclic) bond motifs is 1. The number of H-pyrrole nitrogens is 1. The Morgan fingerprint density at radius 3 is 2.86 bits per heavy atom. The van der Waals surface area contributed by atoms with Crippen molar-refractivity contribution in [2.45, 2.75) is 11.6 Å². The molecule has 4 rings (SSSR count). The van der Waals surface area contributed by atoms with Gasteiger partial charge in [-0.05, 0) is 52.7 Å². The molecule has 0 bridgehead atoms. The molecule has 0 saturated carbocycles. The van der Waals surface area contributed by atoms with Crippen molar-refractivity contribution in [3.63, 3.8) is 0 Å². The zero-order valence-electron chi connectivity index (χ0n) is 14.9. The second-order valence-electron chi connectivity index (χ2n) is 6.14. The van der Waals surface area contributed by atoms with E-state index in [1.165, 1.54) is 27.4 Å². The first-order valence-electron chi connectivity index (χ1n) is 8.73. The number of tetrazole rings is 1. The second kappa shape index (κ2) is 8.13. The van der Waals surface area contributed by atoms with Crippen molar-refractivity contribution in [1.29, 1.82) is 0 Å². The number of carbonyl (C=O) groups is 1. The van der Waals surface area contributed by atoms with E-state index >= 15 is 0 Å². The van der Waals surface area contributed by atoms with E-state index in [1.807, 2.05) is 24.4 Å². The molecule has 0 aliphatic rings. The number of carbonyl (C=O) groups excluding carboxylic acids is 1. The van der Waals surface area contributed by atoms with Crippen LogP contribution < -0.4 is 5.32 Å². The van der Waals surface area contributed by atoms with Crippen molar-refractivity contribution < 1.29 is 9.90 Å². The summed E-state index contributed by atoms with van der Waals surface area (Å²) in [5.74, 6) is 0.303. The number of thioether (sulfide) groups is 1. The van der Waals surface area contributed by atoms with Crippen LogP contribution in [0.3, 0.4) is 0 Å². The van der Waals surface area contributed by atoms with Gasteiger partial charge in [-0.25, -0.2) is 0 Å². The fraction of sp³-hybridized carbons (Fsp3) is 0.158. The normalized spacial score (nSPS) is 11.0. The number of nitrogens with zero attached hydrogens (tertiary/aromatic N) is 4. The van der Waals surface area contributed by atoms with Crippen molar-refractivity contribution in [1.82, 2.24) is 30.5 Å². The monoisotopic (exact) mass is 394 g/mol. The molecule has 0 fully saturated rings. The van der Waals surface area contributed by atoms with Crippen molar-refractivity contribution in [2.75, 3.05) is 12.3 Å². The average Bonchev–Trinajstić information content (AvgIpc) is 3.34. The molecule has 4 aromatic rings. The van der Waals surface area contributed by atoms with Crippen molar-refractivity contribution in [3.05, 3.63) is 60.3 Å². The van der Waals surface area contributed by atoms with Crippen LogP contribution in [0.25, 0.3) is 16.6 Å². The van der Waals surface area contributed by atoms with Gasteiger partial charge in [0.2, 0.25) is 11.1 Å². The second-order valence-corrected chi connectivity index (χ2v) is 7.08. The van der Waals surface area contributed by atoms with Gasteiger partial charge in [-0.1, -0.05) is 30.0 Å². The molecule has 3 N–H and O–H groups in total. The number of hydrogen-bond acceptors (Lipinski definition) is 6. The summed E-state index contributed by atoms with van der Waals surface area (Å²) in [5.41, 5.74) is 2.99. The summed E-state index contributed by atoms with van der Waals surface area (Å²) in [6.07, 6.45) is 2.74. The number of amides is 1. The third kappa shape index (κ3) is 3.99. The Hall–Kier alpha value is -3.33. The Morgan fingerprint density at radius 2 is 2.00 bits per heavy atom. The number of hydrogen-bond donors (Lipinski definition) is 3. The number of aromatic amines is 1. The molecule has 0 saturated heterocycles. The van der Waals surface area contributed by atoms with E-state index in [-0.39, 0.29) is 17.4 Å². The highest BCUT2D eigenvalue weighted by Crippen LogP contribution is 2.20. The molecule has 0 radical (unpaired) electrons. The minimum absolute atomic E-state index is 0.0786. The Labute approximate surface area is 165 Å². The molecule has 0 unspecified atom stereocenters. The van der Waals surface area contributed by atoms with Crippen LogP contribution in [0.15, 0.2) is 59.9 Å². The highest BCUT2D eigenvalue weighted by atomic mass is 32.2. The molecule has 9 heteroatoms. The van der Waals surface area contributed by atoms with E-state index in [1.54, 1.807) is 24.3 Å². The molecule has 2 aromatic heterocycles.